The summed E-state index contributed by atoms with van der Waals surface area (Å²) in [6.45, 7) is 4.73. The van der Waals surface area contributed by atoms with Crippen LogP contribution in [0.3, 0.4) is 0 Å². The van der Waals surface area contributed by atoms with Crippen LogP contribution in [0.1, 0.15) is 50.3 Å². The third kappa shape index (κ3) is 6.04. The highest BCUT2D eigenvalue weighted by atomic mass is 15.5. The van der Waals surface area contributed by atoms with Gasteiger partial charge in [-0.2, -0.15) is 15.0 Å². The Bertz CT molecular complexity index is 781. The van der Waals surface area contributed by atoms with E-state index in [1.165, 1.54) is 37.7 Å². The Morgan fingerprint density at radius 2 is 1.52 bits per heavy atom. The smallest absolute Gasteiger partial charge is 0.117 e. The van der Waals surface area contributed by atoms with Gasteiger partial charge in [0.2, 0.25) is 0 Å². The molecule has 0 aliphatic rings. The fourth-order valence-electron chi connectivity index (χ4n) is 3.20. The van der Waals surface area contributed by atoms with Crippen molar-refractivity contribution in [2.45, 2.75) is 52.1 Å². The maximum absolute atomic E-state index is 4.78. The lowest BCUT2D eigenvalue weighted by Crippen LogP contribution is -2.16. The number of rotatable bonds is 11. The van der Waals surface area contributed by atoms with E-state index in [0.29, 0.717) is 6.54 Å². The van der Waals surface area contributed by atoms with Crippen LogP contribution < -0.4 is 5.32 Å². The normalized spacial score (nSPS) is 11.0. The van der Waals surface area contributed by atoms with Gasteiger partial charge in [0.25, 0.3) is 0 Å². The van der Waals surface area contributed by atoms with Crippen molar-refractivity contribution in [1.82, 2.24) is 20.3 Å². The Morgan fingerprint density at radius 3 is 2.26 bits per heavy atom. The molecule has 0 aliphatic heterocycles. The van der Waals surface area contributed by atoms with E-state index < -0.39 is 0 Å². The van der Waals surface area contributed by atoms with E-state index in [9.17, 15) is 0 Å². The minimum Gasteiger partial charge on any atom is -0.311 e. The number of hydrogen-bond acceptors (Lipinski definition) is 3. The van der Waals surface area contributed by atoms with Gasteiger partial charge in [-0.05, 0) is 18.5 Å². The summed E-state index contributed by atoms with van der Waals surface area (Å²) in [6.07, 6.45) is 6.48. The van der Waals surface area contributed by atoms with E-state index in [-0.39, 0.29) is 0 Å². The molecule has 0 spiro atoms. The van der Waals surface area contributed by atoms with E-state index >= 15 is 0 Å². The predicted octanol–water partition coefficient (Wildman–Crippen LogP) is 5.05. The van der Waals surface area contributed by atoms with Crippen molar-refractivity contribution in [1.29, 1.82) is 0 Å². The number of aromatic nitrogens is 3. The van der Waals surface area contributed by atoms with Crippen molar-refractivity contribution < 1.29 is 0 Å². The average Bonchev–Trinajstić information content (AvgIpc) is 3.11. The summed E-state index contributed by atoms with van der Waals surface area (Å²) in [6, 6.07) is 20.7. The fourth-order valence-corrected chi connectivity index (χ4v) is 3.20. The topological polar surface area (TPSA) is 42.7 Å². The van der Waals surface area contributed by atoms with Gasteiger partial charge in [-0.25, -0.2) is 0 Å². The van der Waals surface area contributed by atoms with Gasteiger partial charge < -0.3 is 5.32 Å². The monoisotopic (exact) mass is 362 g/mol. The van der Waals surface area contributed by atoms with E-state index in [1.807, 2.05) is 16.9 Å². The molecule has 3 rings (SSSR count). The largest absolute Gasteiger partial charge is 0.311 e. The molecule has 0 aliphatic carbocycles. The Kier molecular flexibility index (Phi) is 7.60. The third-order valence-corrected chi connectivity index (χ3v) is 4.69. The van der Waals surface area contributed by atoms with Crippen LogP contribution in [-0.4, -0.2) is 21.5 Å². The van der Waals surface area contributed by atoms with Crippen molar-refractivity contribution in [2.24, 2.45) is 0 Å². The predicted molar refractivity (Wildman–Crippen MR) is 111 cm³/mol. The van der Waals surface area contributed by atoms with Crippen molar-refractivity contribution in [3.8, 4) is 11.3 Å². The van der Waals surface area contributed by atoms with Crippen molar-refractivity contribution in [3.05, 3.63) is 71.9 Å². The van der Waals surface area contributed by atoms with Gasteiger partial charge in [0.15, 0.2) is 0 Å². The lowest BCUT2D eigenvalue weighted by atomic mass is 10.1. The second-order valence-corrected chi connectivity index (χ2v) is 6.97. The fraction of sp³-hybridized carbons (Fsp3) is 0.391. The van der Waals surface area contributed by atoms with Gasteiger partial charge >= 0.3 is 0 Å². The summed E-state index contributed by atoms with van der Waals surface area (Å²) >= 11 is 0. The molecule has 4 heteroatoms. The first-order valence-electron chi connectivity index (χ1n) is 10.1. The van der Waals surface area contributed by atoms with Crippen LogP contribution in [0.2, 0.25) is 0 Å². The molecule has 4 nitrogen and oxygen atoms in total. The van der Waals surface area contributed by atoms with E-state index in [1.54, 1.807) is 0 Å². The zero-order valence-corrected chi connectivity index (χ0v) is 16.3. The molecule has 0 atom stereocenters. The third-order valence-electron chi connectivity index (χ3n) is 4.69. The lowest BCUT2D eigenvalue weighted by Gasteiger charge is -2.04. The number of hydrogen-bond donors (Lipinski definition) is 1. The molecule has 27 heavy (non-hydrogen) atoms. The van der Waals surface area contributed by atoms with E-state index in [4.69, 9.17) is 10.2 Å². The molecule has 0 fully saturated rings. The molecule has 0 bridgehead atoms. The molecule has 1 N–H and O–H groups in total. The molecule has 3 aromatic rings. The molecule has 0 radical (unpaired) electrons. The molecule has 0 amide bonds. The molecule has 1 aromatic heterocycles. The maximum Gasteiger partial charge on any atom is 0.117 e. The first-order chi connectivity index (χ1) is 13.4. The SMILES string of the molecule is CCCCCCCNCc1nn(Cc2ccccc2)nc1-c1ccccc1. The Balaban J connectivity index is 1.65. The quantitative estimate of drug-likeness (QED) is 0.485. The van der Waals surface area contributed by atoms with Crippen molar-refractivity contribution in [2.75, 3.05) is 6.54 Å². The summed E-state index contributed by atoms with van der Waals surface area (Å²) in [5.74, 6) is 0. The molecule has 0 saturated heterocycles. The van der Waals surface area contributed by atoms with Crippen LogP contribution in [0, 0.1) is 0 Å². The maximum atomic E-state index is 4.78. The Hall–Kier alpha value is -2.46. The van der Waals surface area contributed by atoms with Gasteiger partial charge in [0, 0.05) is 12.1 Å². The zero-order chi connectivity index (χ0) is 18.7. The highest BCUT2D eigenvalue weighted by Gasteiger charge is 2.13. The second kappa shape index (κ2) is 10.6. The molecule has 1 heterocycles. The van der Waals surface area contributed by atoms with Gasteiger partial charge in [0.1, 0.15) is 11.4 Å². The minimum absolute atomic E-state index is 0.692. The highest BCUT2D eigenvalue weighted by Crippen LogP contribution is 2.20. The van der Waals surface area contributed by atoms with Gasteiger partial charge in [-0.3, -0.25) is 0 Å². The highest BCUT2D eigenvalue weighted by molar-refractivity contribution is 5.60. The lowest BCUT2D eigenvalue weighted by molar-refractivity contribution is 0.561. The summed E-state index contributed by atoms with van der Waals surface area (Å²) in [5, 5.41) is 13.1. The van der Waals surface area contributed by atoms with Crippen LogP contribution in [0.25, 0.3) is 11.3 Å². The van der Waals surface area contributed by atoms with Gasteiger partial charge in [-0.15, -0.1) is 0 Å². The molecule has 142 valence electrons. The average molecular weight is 363 g/mol. The summed E-state index contributed by atoms with van der Waals surface area (Å²) in [7, 11) is 0. The van der Waals surface area contributed by atoms with E-state index in [2.05, 4.69) is 60.8 Å². The number of benzene rings is 2. The van der Waals surface area contributed by atoms with Crippen LogP contribution >= 0.6 is 0 Å². The molecular weight excluding hydrogens is 332 g/mol. The van der Waals surface area contributed by atoms with Crippen LogP contribution in [0.4, 0.5) is 0 Å². The van der Waals surface area contributed by atoms with Crippen LogP contribution in [0.15, 0.2) is 60.7 Å². The first kappa shape index (κ1) is 19.3. The van der Waals surface area contributed by atoms with Crippen LogP contribution in [-0.2, 0) is 13.1 Å². The van der Waals surface area contributed by atoms with Crippen molar-refractivity contribution >= 4 is 0 Å². The Labute approximate surface area is 162 Å². The van der Waals surface area contributed by atoms with Gasteiger partial charge in [-0.1, -0.05) is 93.3 Å². The molecule has 0 unspecified atom stereocenters. The Morgan fingerprint density at radius 1 is 0.815 bits per heavy atom. The number of nitrogens with zero attached hydrogens (tertiary/aromatic N) is 3. The van der Waals surface area contributed by atoms with E-state index in [0.717, 1.165) is 30.0 Å². The minimum atomic E-state index is 0.692. The number of nitrogens with one attached hydrogen (secondary N) is 1. The van der Waals surface area contributed by atoms with Crippen LogP contribution in [0.5, 0.6) is 0 Å². The number of unbranched alkanes of at least 4 members (excludes halogenated alkanes) is 4. The summed E-state index contributed by atoms with van der Waals surface area (Å²) in [5.41, 5.74) is 4.33. The standard InChI is InChI=1S/C23H30N4/c1-2-3-4-5-12-17-24-18-22-23(21-15-10-7-11-16-21)26-27(25-22)19-20-13-8-6-9-14-20/h6-11,13-16,24H,2-5,12,17-19H2,1H3. The first-order valence-corrected chi connectivity index (χ1v) is 10.1. The molecule has 0 saturated carbocycles. The summed E-state index contributed by atoms with van der Waals surface area (Å²) < 4.78 is 0. The second-order valence-electron chi connectivity index (χ2n) is 6.97. The molecule has 2 aromatic carbocycles. The summed E-state index contributed by atoms with van der Waals surface area (Å²) in [4.78, 5) is 1.82. The zero-order valence-electron chi connectivity index (χ0n) is 16.3. The van der Waals surface area contributed by atoms with Crippen molar-refractivity contribution in [3.63, 3.8) is 0 Å². The van der Waals surface area contributed by atoms with Gasteiger partial charge in [0.05, 0.1) is 6.54 Å². The molecular formula is C23H30N4.